The van der Waals surface area contributed by atoms with Crippen LogP contribution in [0.25, 0.3) is 0 Å². The van der Waals surface area contributed by atoms with Crippen LogP contribution in [0.3, 0.4) is 0 Å². The van der Waals surface area contributed by atoms with Crippen molar-refractivity contribution < 1.29 is 69.4 Å². The molecule has 10 N–H and O–H groups in total. The van der Waals surface area contributed by atoms with Gasteiger partial charge in [0.1, 0.15) is 49.3 Å². The van der Waals surface area contributed by atoms with Gasteiger partial charge < -0.3 is 64.8 Å². The number of aliphatic hydroxyl groups is 8. The minimum absolute atomic E-state index is 0.355. The predicted molar refractivity (Wildman–Crippen MR) is 93.7 cm³/mol. The average molecular weight is 464 g/mol. The molecule has 14 nitrogen and oxygen atoms in total. The molecule has 2 heterocycles. The highest BCUT2D eigenvalue weighted by molar-refractivity contribution is 7.51. The molecule has 0 bridgehead atoms. The van der Waals surface area contributed by atoms with Gasteiger partial charge in [0.2, 0.25) is 11.6 Å². The van der Waals surface area contributed by atoms with E-state index in [0.717, 1.165) is 0 Å². The molecule has 2 saturated heterocycles. The van der Waals surface area contributed by atoms with E-state index in [4.69, 9.17) is 24.0 Å². The zero-order valence-corrected chi connectivity index (χ0v) is 16.7. The van der Waals surface area contributed by atoms with Crippen LogP contribution in [0.2, 0.25) is 0 Å². The molecule has 0 spiro atoms. The van der Waals surface area contributed by atoms with Crippen molar-refractivity contribution >= 4 is 7.60 Å². The van der Waals surface area contributed by atoms with E-state index in [1.165, 1.54) is 0 Å². The van der Waals surface area contributed by atoms with Crippen LogP contribution in [0.1, 0.15) is 12.8 Å². The molecule has 0 radical (unpaired) electrons. The van der Waals surface area contributed by atoms with Gasteiger partial charge in [-0.15, -0.1) is 0 Å². The van der Waals surface area contributed by atoms with E-state index in [1.54, 1.807) is 0 Å². The fraction of sp³-hybridized carbons (Fsp3) is 1.00. The number of ether oxygens (including phenoxy) is 3. The predicted octanol–water partition coefficient (Wildman–Crippen LogP) is -5.07. The molecule has 0 aromatic rings. The molecule has 178 valence electrons. The molecule has 15 heteroatoms. The molecule has 2 aliphatic rings. The zero-order valence-electron chi connectivity index (χ0n) is 15.8. The first-order valence-corrected chi connectivity index (χ1v) is 11.0. The molecule has 9 atom stereocenters. The lowest BCUT2D eigenvalue weighted by Gasteiger charge is -2.51. The monoisotopic (exact) mass is 464 g/mol. The van der Waals surface area contributed by atoms with Crippen LogP contribution in [0, 0.1) is 0 Å². The third kappa shape index (κ3) is 5.03. The van der Waals surface area contributed by atoms with Crippen molar-refractivity contribution in [2.45, 2.75) is 67.1 Å². The largest absolute Gasteiger partial charge is 0.394 e. The Labute approximate surface area is 171 Å². The highest BCUT2D eigenvalue weighted by Crippen LogP contribution is 2.44. The van der Waals surface area contributed by atoms with Crippen molar-refractivity contribution in [3.05, 3.63) is 0 Å². The molecule has 0 amide bonds. The molecule has 0 saturated carbocycles. The second-order valence-electron chi connectivity index (χ2n) is 7.41. The fourth-order valence-electron chi connectivity index (χ4n) is 3.63. The maximum absolute atomic E-state index is 11.2. The Hall–Kier alpha value is -0.290. The fourth-order valence-corrected chi connectivity index (χ4v) is 4.20. The smallest absolute Gasteiger partial charge is 0.325 e. The lowest BCUT2D eigenvalue weighted by atomic mass is 9.89. The highest BCUT2D eigenvalue weighted by Gasteiger charge is 2.63. The van der Waals surface area contributed by atoms with Crippen LogP contribution in [0.5, 0.6) is 0 Å². The standard InChI is InChI=1S/C15H29O14P/c16-4-7-9(19)11(21)13(23)14(27-7,2-1-3-30(24,25)26)29-15(6-18)12(22)10(20)8(5-17)28-15/h7-13,16-23H,1-6H2,(H2,24,25,26)/t7-,8-,9-,10-,11+,12+,13-,14+,15?/m1/s1. The van der Waals surface area contributed by atoms with Crippen molar-refractivity contribution in [1.82, 2.24) is 0 Å². The summed E-state index contributed by atoms with van der Waals surface area (Å²) in [6, 6.07) is 0. The van der Waals surface area contributed by atoms with Gasteiger partial charge in [0, 0.05) is 6.42 Å². The van der Waals surface area contributed by atoms with E-state index in [-0.39, 0.29) is 6.42 Å². The van der Waals surface area contributed by atoms with Crippen LogP contribution < -0.4 is 0 Å². The molecule has 0 aromatic carbocycles. The Kier molecular flexibility index (Phi) is 8.38. The summed E-state index contributed by atoms with van der Waals surface area (Å²) in [6.45, 7) is -2.76. The van der Waals surface area contributed by atoms with Gasteiger partial charge >= 0.3 is 7.60 Å². The van der Waals surface area contributed by atoms with Gasteiger partial charge in [0.25, 0.3) is 0 Å². The van der Waals surface area contributed by atoms with Gasteiger partial charge in [-0.2, -0.15) is 0 Å². The number of hydrogen-bond donors (Lipinski definition) is 10. The number of rotatable bonds is 9. The summed E-state index contributed by atoms with van der Waals surface area (Å²) < 4.78 is 27.5. The van der Waals surface area contributed by atoms with E-state index >= 15 is 0 Å². The molecule has 2 aliphatic heterocycles. The van der Waals surface area contributed by atoms with E-state index in [1.807, 2.05) is 0 Å². The zero-order chi connectivity index (χ0) is 22.9. The third-order valence-electron chi connectivity index (χ3n) is 5.26. The van der Waals surface area contributed by atoms with Crippen molar-refractivity contribution in [2.24, 2.45) is 0 Å². The maximum atomic E-state index is 11.2. The normalized spacial score (nSPS) is 45.1. The lowest BCUT2D eigenvalue weighted by Crippen LogP contribution is -2.69. The van der Waals surface area contributed by atoms with Crippen LogP contribution in [-0.4, -0.2) is 131 Å². The van der Waals surface area contributed by atoms with Crippen molar-refractivity contribution in [3.8, 4) is 0 Å². The van der Waals surface area contributed by atoms with Crippen molar-refractivity contribution in [2.75, 3.05) is 26.0 Å². The van der Waals surface area contributed by atoms with Crippen LogP contribution in [0.15, 0.2) is 0 Å². The first kappa shape index (κ1) is 26.0. The SMILES string of the molecule is O=P(O)(O)CCC[C@@]1(OC2(CO)O[C@H](CO)[C@@H](O)[C@@H]2O)O[C@H](CO)[C@@H](O)[C@H](O)[C@H]1O. The molecule has 2 rings (SSSR count). The van der Waals surface area contributed by atoms with Gasteiger partial charge in [0.05, 0.1) is 19.4 Å². The Morgan fingerprint density at radius 1 is 0.800 bits per heavy atom. The first-order valence-electron chi connectivity index (χ1n) is 9.19. The van der Waals surface area contributed by atoms with E-state index in [2.05, 4.69) is 0 Å². The molecular weight excluding hydrogens is 435 g/mol. The van der Waals surface area contributed by atoms with Gasteiger partial charge in [-0.05, 0) is 6.42 Å². The summed E-state index contributed by atoms with van der Waals surface area (Å²) in [5.74, 6) is -4.91. The van der Waals surface area contributed by atoms with Gasteiger partial charge in [0.15, 0.2) is 0 Å². The summed E-state index contributed by atoms with van der Waals surface area (Å²) >= 11 is 0. The Morgan fingerprint density at radius 3 is 1.77 bits per heavy atom. The highest BCUT2D eigenvalue weighted by atomic mass is 31.2. The minimum Gasteiger partial charge on any atom is -0.394 e. The van der Waals surface area contributed by atoms with E-state index in [0.29, 0.717) is 0 Å². The summed E-state index contributed by atoms with van der Waals surface area (Å²) in [6.07, 6.45) is -14.0. The summed E-state index contributed by atoms with van der Waals surface area (Å²) in [7, 11) is -4.49. The maximum Gasteiger partial charge on any atom is 0.325 e. The lowest BCUT2D eigenvalue weighted by molar-refractivity contribution is -0.435. The van der Waals surface area contributed by atoms with Crippen molar-refractivity contribution in [1.29, 1.82) is 0 Å². The van der Waals surface area contributed by atoms with Crippen LogP contribution in [0.4, 0.5) is 0 Å². The minimum atomic E-state index is -4.49. The Morgan fingerprint density at radius 2 is 1.30 bits per heavy atom. The van der Waals surface area contributed by atoms with Crippen molar-refractivity contribution in [3.63, 3.8) is 0 Å². The second kappa shape index (κ2) is 9.68. The van der Waals surface area contributed by atoms with Crippen LogP contribution >= 0.6 is 7.60 Å². The summed E-state index contributed by atoms with van der Waals surface area (Å²) in [5.41, 5.74) is 0. The van der Waals surface area contributed by atoms with Crippen LogP contribution in [-0.2, 0) is 18.8 Å². The number of hydrogen-bond acceptors (Lipinski definition) is 12. The third-order valence-corrected chi connectivity index (χ3v) is 6.16. The van der Waals surface area contributed by atoms with E-state index < -0.39 is 94.3 Å². The molecule has 2 fully saturated rings. The van der Waals surface area contributed by atoms with E-state index in [9.17, 15) is 45.4 Å². The topological polar surface area (TPSA) is 247 Å². The Balaban J connectivity index is 2.41. The number of aliphatic hydroxyl groups excluding tert-OH is 8. The second-order valence-corrected chi connectivity index (χ2v) is 9.19. The van der Waals surface area contributed by atoms with Gasteiger partial charge in [-0.3, -0.25) is 4.57 Å². The summed E-state index contributed by atoms with van der Waals surface area (Å²) in [4.78, 5) is 18.2. The average Bonchev–Trinajstić information content (AvgIpc) is 2.93. The summed E-state index contributed by atoms with van der Waals surface area (Å²) in [5, 5.41) is 79.7. The van der Waals surface area contributed by atoms with Gasteiger partial charge in [-0.25, -0.2) is 0 Å². The molecule has 1 unspecified atom stereocenters. The molecular formula is C15H29O14P. The molecule has 0 aromatic heterocycles. The van der Waals surface area contributed by atoms with Gasteiger partial charge in [-0.1, -0.05) is 0 Å². The Bertz CT molecular complexity index is 614. The molecule has 30 heavy (non-hydrogen) atoms. The first-order chi connectivity index (χ1) is 13.9. The molecule has 0 aliphatic carbocycles. The quantitative estimate of drug-likeness (QED) is 0.143.